The Morgan fingerprint density at radius 3 is 1.96 bits per heavy atom. The zero-order valence-corrected chi connectivity index (χ0v) is 15.8. The highest BCUT2D eigenvalue weighted by atomic mass is 35.5. The molecule has 2 heterocycles. The van der Waals surface area contributed by atoms with Crippen molar-refractivity contribution in [2.45, 2.75) is 12.0 Å². The van der Waals surface area contributed by atoms with Crippen LogP contribution in [-0.4, -0.2) is 10.7 Å². The van der Waals surface area contributed by atoms with Gasteiger partial charge in [-0.15, -0.1) is 0 Å². The first kappa shape index (κ1) is 17.3. The van der Waals surface area contributed by atoms with Crippen molar-refractivity contribution in [2.24, 2.45) is 5.10 Å². The van der Waals surface area contributed by atoms with Crippen molar-refractivity contribution in [3.05, 3.63) is 98.7 Å². The molecule has 0 saturated heterocycles. The predicted octanol–water partition coefficient (Wildman–Crippen LogP) is 5.87. The molecule has 1 aliphatic heterocycles. The lowest BCUT2D eigenvalue weighted by Crippen LogP contribution is -2.20. The third-order valence-electron chi connectivity index (χ3n) is 4.43. The highest BCUT2D eigenvalue weighted by Crippen LogP contribution is 2.38. The Balaban J connectivity index is 1.77. The van der Waals surface area contributed by atoms with Crippen LogP contribution in [0.5, 0.6) is 0 Å². The molecule has 0 spiro atoms. The Kier molecular flexibility index (Phi) is 4.86. The number of aromatic nitrogens is 1. The van der Waals surface area contributed by atoms with Crippen LogP contribution in [0.15, 0.2) is 72.0 Å². The minimum absolute atomic E-state index is 0.0106. The number of nitrogens with zero attached hydrogens (tertiary/aromatic N) is 2. The fraction of sp³-hybridized carbons (Fsp3) is 0.100. The Morgan fingerprint density at radius 1 is 0.731 bits per heavy atom. The SMILES string of the molecule is Clc1ccc(C2=NNC(c3ccc(Cl)nc3)C2c2ccc(Cl)cc2)cc1. The van der Waals surface area contributed by atoms with Crippen LogP contribution < -0.4 is 5.43 Å². The maximum absolute atomic E-state index is 6.07. The van der Waals surface area contributed by atoms with Crippen LogP contribution in [0.1, 0.15) is 28.7 Å². The number of hydrogen-bond acceptors (Lipinski definition) is 3. The summed E-state index contributed by atoms with van der Waals surface area (Å²) in [5, 5.41) is 6.49. The molecule has 0 bridgehead atoms. The van der Waals surface area contributed by atoms with Gasteiger partial charge in [0.15, 0.2) is 0 Å². The average molecular weight is 403 g/mol. The molecule has 0 radical (unpaired) electrons. The van der Waals surface area contributed by atoms with E-state index in [-0.39, 0.29) is 12.0 Å². The van der Waals surface area contributed by atoms with Gasteiger partial charge in [-0.05, 0) is 47.0 Å². The molecular formula is C20H14Cl3N3. The van der Waals surface area contributed by atoms with Crippen LogP contribution in [0.3, 0.4) is 0 Å². The summed E-state index contributed by atoms with van der Waals surface area (Å²) in [7, 11) is 0. The number of rotatable bonds is 3. The minimum Gasteiger partial charge on any atom is -0.301 e. The van der Waals surface area contributed by atoms with Gasteiger partial charge in [-0.2, -0.15) is 5.10 Å². The van der Waals surface area contributed by atoms with E-state index in [1.54, 1.807) is 12.3 Å². The molecule has 0 fully saturated rings. The fourth-order valence-corrected chi connectivity index (χ4v) is 3.53. The molecule has 1 N–H and O–H groups in total. The second-order valence-corrected chi connectivity index (χ2v) is 7.31. The number of nitrogens with one attached hydrogen (secondary N) is 1. The van der Waals surface area contributed by atoms with E-state index in [1.165, 1.54) is 0 Å². The quantitative estimate of drug-likeness (QED) is 0.556. The molecule has 26 heavy (non-hydrogen) atoms. The second-order valence-electron chi connectivity index (χ2n) is 6.05. The standard InChI is InChI=1S/C20H14Cl3N3/c21-15-6-1-12(2-7-15)18-19(13-3-8-16(22)9-4-13)25-26-20(18)14-5-10-17(23)24-11-14/h1-11,18,20,26H. The second kappa shape index (κ2) is 7.28. The number of halogens is 3. The Bertz CT molecular complexity index is 936. The molecule has 3 aromatic rings. The first-order valence-electron chi connectivity index (χ1n) is 8.08. The number of hydrogen-bond donors (Lipinski definition) is 1. The minimum atomic E-state index is -0.0494. The summed E-state index contributed by atoms with van der Waals surface area (Å²) in [4.78, 5) is 4.21. The van der Waals surface area contributed by atoms with Gasteiger partial charge in [-0.25, -0.2) is 4.98 Å². The van der Waals surface area contributed by atoms with Crippen LogP contribution in [0.25, 0.3) is 0 Å². The smallest absolute Gasteiger partial charge is 0.129 e. The summed E-state index contributed by atoms with van der Waals surface area (Å²) in [5.74, 6) is 0.0106. The summed E-state index contributed by atoms with van der Waals surface area (Å²) in [5.41, 5.74) is 7.36. The van der Waals surface area contributed by atoms with Gasteiger partial charge in [-0.3, -0.25) is 0 Å². The van der Waals surface area contributed by atoms with Gasteiger partial charge in [0.1, 0.15) is 5.15 Å². The van der Waals surface area contributed by atoms with E-state index in [1.807, 2.05) is 54.6 Å². The van der Waals surface area contributed by atoms with E-state index in [0.29, 0.717) is 15.2 Å². The Hall–Kier alpha value is -2.07. The molecule has 1 aromatic heterocycles. The van der Waals surface area contributed by atoms with Gasteiger partial charge in [-0.1, -0.05) is 65.1 Å². The predicted molar refractivity (Wildman–Crippen MR) is 107 cm³/mol. The van der Waals surface area contributed by atoms with Crippen LogP contribution >= 0.6 is 34.8 Å². The molecule has 0 saturated carbocycles. The summed E-state index contributed by atoms with van der Waals surface area (Å²) in [6.07, 6.45) is 1.78. The average Bonchev–Trinajstić information content (AvgIpc) is 3.08. The lowest BCUT2D eigenvalue weighted by molar-refractivity contribution is 0.571. The van der Waals surface area contributed by atoms with Gasteiger partial charge in [0, 0.05) is 16.2 Å². The maximum Gasteiger partial charge on any atom is 0.129 e. The van der Waals surface area contributed by atoms with Crippen molar-refractivity contribution in [1.29, 1.82) is 0 Å². The highest BCUT2D eigenvalue weighted by Gasteiger charge is 2.35. The summed E-state index contributed by atoms with van der Waals surface area (Å²) in [6.45, 7) is 0. The van der Waals surface area contributed by atoms with Crippen molar-refractivity contribution in [3.63, 3.8) is 0 Å². The van der Waals surface area contributed by atoms with Crippen molar-refractivity contribution in [3.8, 4) is 0 Å². The van der Waals surface area contributed by atoms with Crippen molar-refractivity contribution >= 4 is 40.5 Å². The van der Waals surface area contributed by atoms with Gasteiger partial charge >= 0.3 is 0 Å². The summed E-state index contributed by atoms with van der Waals surface area (Å²) in [6, 6.07) is 19.3. The lowest BCUT2D eigenvalue weighted by atomic mass is 9.83. The van der Waals surface area contributed by atoms with E-state index in [2.05, 4.69) is 15.5 Å². The number of benzene rings is 2. The number of hydrazone groups is 1. The molecule has 3 nitrogen and oxygen atoms in total. The molecule has 6 heteroatoms. The van der Waals surface area contributed by atoms with Gasteiger partial charge in [0.05, 0.1) is 17.7 Å². The maximum atomic E-state index is 6.07. The zero-order valence-electron chi connectivity index (χ0n) is 13.5. The molecular weight excluding hydrogens is 389 g/mol. The van der Waals surface area contributed by atoms with Gasteiger partial charge < -0.3 is 5.43 Å². The Labute approximate surface area is 166 Å². The first-order chi connectivity index (χ1) is 12.6. The van der Waals surface area contributed by atoms with Crippen LogP contribution in [0.2, 0.25) is 15.2 Å². The summed E-state index contributed by atoms with van der Waals surface area (Å²) < 4.78 is 0. The summed E-state index contributed by atoms with van der Waals surface area (Å²) >= 11 is 18.1. The van der Waals surface area contributed by atoms with E-state index in [9.17, 15) is 0 Å². The largest absolute Gasteiger partial charge is 0.301 e. The third-order valence-corrected chi connectivity index (χ3v) is 5.16. The van der Waals surface area contributed by atoms with E-state index < -0.39 is 0 Å². The molecule has 130 valence electrons. The Morgan fingerprint density at radius 2 is 1.35 bits per heavy atom. The topological polar surface area (TPSA) is 37.3 Å². The van der Waals surface area contributed by atoms with Crippen LogP contribution in [0, 0.1) is 0 Å². The first-order valence-corrected chi connectivity index (χ1v) is 9.21. The van der Waals surface area contributed by atoms with Crippen molar-refractivity contribution in [1.82, 2.24) is 10.4 Å². The molecule has 0 amide bonds. The van der Waals surface area contributed by atoms with E-state index in [4.69, 9.17) is 34.8 Å². The van der Waals surface area contributed by atoms with Crippen LogP contribution in [0.4, 0.5) is 0 Å². The molecule has 4 rings (SSSR count). The number of pyridine rings is 1. The van der Waals surface area contributed by atoms with E-state index >= 15 is 0 Å². The fourth-order valence-electron chi connectivity index (χ4n) is 3.16. The van der Waals surface area contributed by atoms with Crippen molar-refractivity contribution < 1.29 is 0 Å². The molecule has 2 atom stereocenters. The molecule has 2 aromatic carbocycles. The monoisotopic (exact) mass is 401 g/mol. The molecule has 1 aliphatic rings. The normalized spacial score (nSPS) is 19.1. The van der Waals surface area contributed by atoms with Gasteiger partial charge in [0.2, 0.25) is 0 Å². The molecule has 0 aliphatic carbocycles. The van der Waals surface area contributed by atoms with Gasteiger partial charge in [0.25, 0.3) is 0 Å². The van der Waals surface area contributed by atoms with Crippen LogP contribution in [-0.2, 0) is 0 Å². The highest BCUT2D eigenvalue weighted by molar-refractivity contribution is 6.31. The van der Waals surface area contributed by atoms with E-state index in [0.717, 1.165) is 22.4 Å². The lowest BCUT2D eigenvalue weighted by Gasteiger charge is -2.22. The zero-order chi connectivity index (χ0) is 18.1. The molecule has 2 unspecified atom stereocenters. The third kappa shape index (κ3) is 3.43. The van der Waals surface area contributed by atoms with Crippen molar-refractivity contribution in [2.75, 3.05) is 0 Å².